The Hall–Kier alpha value is -3.35. The summed E-state index contributed by atoms with van der Waals surface area (Å²) in [6.45, 7) is 8.93. The lowest BCUT2D eigenvalue weighted by Gasteiger charge is -2.29. The summed E-state index contributed by atoms with van der Waals surface area (Å²) in [7, 11) is 0. The van der Waals surface area contributed by atoms with Crippen LogP contribution in [-0.2, 0) is 14.3 Å². The zero-order valence-corrected chi connectivity index (χ0v) is 30.6. The van der Waals surface area contributed by atoms with Crippen molar-refractivity contribution in [3.8, 4) is 0 Å². The number of anilines is 3. The Labute approximate surface area is 306 Å². The van der Waals surface area contributed by atoms with Crippen LogP contribution >= 0.6 is 58.0 Å². The van der Waals surface area contributed by atoms with Crippen molar-refractivity contribution in [1.29, 1.82) is 0 Å². The van der Waals surface area contributed by atoms with E-state index in [1.54, 1.807) is 12.1 Å². The monoisotopic (exact) mass is 777 g/mol. The van der Waals surface area contributed by atoms with Gasteiger partial charge < -0.3 is 20.1 Å². The Balaban J connectivity index is 1.60. The van der Waals surface area contributed by atoms with Crippen molar-refractivity contribution in [2.24, 2.45) is 5.92 Å². The largest absolute Gasteiger partial charge is 0.443 e. The van der Waals surface area contributed by atoms with Crippen molar-refractivity contribution < 1.29 is 37.4 Å². The zero-order valence-electron chi connectivity index (χ0n) is 26.8. The molecule has 4 amide bonds. The van der Waals surface area contributed by atoms with Crippen LogP contribution in [0.25, 0.3) is 0 Å². The number of benzene rings is 3. The van der Waals surface area contributed by atoms with Gasteiger partial charge in [0.1, 0.15) is 21.2 Å². The summed E-state index contributed by atoms with van der Waals surface area (Å²) in [5, 5.41) is 5.46. The molecule has 9 nitrogen and oxygen atoms in total. The Morgan fingerprint density at radius 3 is 1.88 bits per heavy atom. The number of hydrogen-bond acceptors (Lipinski definition) is 6. The van der Waals surface area contributed by atoms with Crippen LogP contribution in [0, 0.1) is 17.6 Å². The molecule has 0 bridgehead atoms. The van der Waals surface area contributed by atoms with E-state index in [4.69, 9.17) is 67.5 Å². The number of nitrogens with one attached hydrogen (secondary N) is 2. The van der Waals surface area contributed by atoms with Crippen LogP contribution in [0.5, 0.6) is 0 Å². The normalized spacial score (nSPS) is 16.8. The topological polar surface area (TPSA) is 114 Å². The minimum atomic E-state index is -1.49. The SMILES string of the molecule is CC(C)(C)OC(=O)N(C(=O)OC(C)(C)C)c1c(F)ccc(NC(=O)c2cc(NC(=O)[C@H]3C(c4cc(Cl)cc(Cl)c4)C3(Cl)Cl)ccc2Cl)c1F. The zero-order chi connectivity index (χ0) is 36.8. The molecule has 1 aliphatic rings. The van der Waals surface area contributed by atoms with Gasteiger partial charge in [0.25, 0.3) is 5.91 Å². The minimum Gasteiger partial charge on any atom is -0.443 e. The van der Waals surface area contributed by atoms with E-state index in [9.17, 15) is 19.2 Å². The van der Waals surface area contributed by atoms with E-state index >= 15 is 8.78 Å². The lowest BCUT2D eigenvalue weighted by atomic mass is 10.1. The summed E-state index contributed by atoms with van der Waals surface area (Å²) in [4.78, 5) is 52.7. The van der Waals surface area contributed by atoms with Crippen LogP contribution in [0.15, 0.2) is 48.5 Å². The third-order valence-corrected chi connectivity index (χ3v) is 8.46. The Morgan fingerprint density at radius 1 is 0.796 bits per heavy atom. The van der Waals surface area contributed by atoms with E-state index < -0.39 is 74.4 Å². The number of hydrogen-bond donors (Lipinski definition) is 2. The summed E-state index contributed by atoms with van der Waals surface area (Å²) < 4.78 is 40.1. The van der Waals surface area contributed by atoms with Crippen molar-refractivity contribution in [1.82, 2.24) is 0 Å². The minimum absolute atomic E-state index is 0.0657. The molecule has 0 aliphatic heterocycles. The van der Waals surface area contributed by atoms with E-state index in [-0.39, 0.29) is 21.2 Å². The molecule has 1 unspecified atom stereocenters. The highest BCUT2D eigenvalue weighted by Gasteiger charge is 2.67. The van der Waals surface area contributed by atoms with Crippen molar-refractivity contribution >= 4 is 99.1 Å². The number of halogens is 7. The van der Waals surface area contributed by atoms with E-state index in [1.807, 2.05) is 0 Å². The quantitative estimate of drug-likeness (QED) is 0.241. The molecule has 1 fully saturated rings. The summed E-state index contributed by atoms with van der Waals surface area (Å²) >= 11 is 31.4. The van der Waals surface area contributed by atoms with Gasteiger partial charge in [0, 0.05) is 21.7 Å². The van der Waals surface area contributed by atoms with Crippen LogP contribution < -0.4 is 15.5 Å². The first kappa shape index (κ1) is 38.5. The van der Waals surface area contributed by atoms with Gasteiger partial charge in [0.15, 0.2) is 11.6 Å². The fourth-order valence-corrected chi connectivity index (χ4v) is 6.30. The molecule has 1 saturated carbocycles. The number of imide groups is 1. The van der Waals surface area contributed by atoms with Gasteiger partial charge in [-0.15, -0.1) is 23.2 Å². The Kier molecular flexibility index (Phi) is 11.1. The summed E-state index contributed by atoms with van der Waals surface area (Å²) in [6, 6.07) is 10.2. The smallest absolute Gasteiger partial charge is 0.424 e. The molecule has 3 aromatic carbocycles. The molecule has 262 valence electrons. The third kappa shape index (κ3) is 9.07. The molecule has 0 saturated heterocycles. The third-order valence-electron chi connectivity index (χ3n) is 6.75. The van der Waals surface area contributed by atoms with Gasteiger partial charge in [0.05, 0.1) is 22.2 Å². The van der Waals surface area contributed by atoms with Gasteiger partial charge in [-0.2, -0.15) is 4.90 Å². The fourth-order valence-electron chi connectivity index (χ4n) is 4.72. The molecule has 0 heterocycles. The van der Waals surface area contributed by atoms with Crippen molar-refractivity contribution in [2.75, 3.05) is 15.5 Å². The fraction of sp³-hybridized carbons (Fsp3) is 0.333. The maximum atomic E-state index is 15.9. The summed E-state index contributed by atoms with van der Waals surface area (Å²) in [6.07, 6.45) is -2.85. The lowest BCUT2D eigenvalue weighted by molar-refractivity contribution is -0.117. The van der Waals surface area contributed by atoms with Crippen LogP contribution in [-0.4, -0.2) is 39.5 Å². The Morgan fingerprint density at radius 2 is 1.35 bits per heavy atom. The number of amides is 4. The number of carbonyl (C=O) groups excluding carboxylic acids is 4. The van der Waals surface area contributed by atoms with Crippen LogP contribution in [0.1, 0.15) is 63.4 Å². The maximum Gasteiger partial charge on any atom is 0.424 e. The number of alkyl halides is 2. The van der Waals surface area contributed by atoms with Gasteiger partial charge in [-0.05, 0) is 95.6 Å². The average molecular weight is 780 g/mol. The first-order valence-electron chi connectivity index (χ1n) is 14.5. The summed E-state index contributed by atoms with van der Waals surface area (Å²) in [5.74, 6) is -5.95. The first-order valence-corrected chi connectivity index (χ1v) is 16.4. The van der Waals surface area contributed by atoms with Gasteiger partial charge in [0.2, 0.25) is 5.91 Å². The second-order valence-electron chi connectivity index (χ2n) is 13.0. The average Bonchev–Trinajstić information content (AvgIpc) is 3.52. The first-order chi connectivity index (χ1) is 22.5. The van der Waals surface area contributed by atoms with E-state index in [0.29, 0.717) is 15.6 Å². The molecule has 0 spiro atoms. The number of ether oxygens (including phenoxy) is 2. The molecule has 4 rings (SSSR count). The van der Waals surface area contributed by atoms with Crippen molar-refractivity contribution in [3.05, 3.63) is 86.4 Å². The van der Waals surface area contributed by atoms with Gasteiger partial charge in [-0.3, -0.25) is 9.59 Å². The lowest BCUT2D eigenvalue weighted by Crippen LogP contribution is -2.44. The molecule has 2 N–H and O–H groups in total. The van der Waals surface area contributed by atoms with E-state index in [1.165, 1.54) is 65.8 Å². The molecule has 0 aromatic heterocycles. The standard InChI is InChI=1S/C33H30Cl5F2N3O6/c1-31(2,3)48-29(46)43(30(47)49-32(4,5)6)26-21(39)9-10-22(25(26)40)42-27(44)19-14-18(7-8-20(19)36)41-28(45)24-23(33(24,37)38)15-11-16(34)13-17(35)12-15/h7-14,23-24H,1-6H3,(H,41,45)(H,42,44)/t23?,24-/m1/s1. The highest BCUT2D eigenvalue weighted by molar-refractivity contribution is 6.53. The van der Waals surface area contributed by atoms with E-state index in [2.05, 4.69) is 10.6 Å². The molecule has 3 aromatic rings. The molecular formula is C33H30Cl5F2N3O6. The second-order valence-corrected chi connectivity index (χ2v) is 15.7. The van der Waals surface area contributed by atoms with Crippen LogP contribution in [0.2, 0.25) is 15.1 Å². The maximum absolute atomic E-state index is 15.9. The predicted molar refractivity (Wildman–Crippen MR) is 186 cm³/mol. The number of nitrogens with zero attached hydrogens (tertiary/aromatic N) is 1. The predicted octanol–water partition coefficient (Wildman–Crippen LogP) is 10.4. The van der Waals surface area contributed by atoms with Gasteiger partial charge >= 0.3 is 12.2 Å². The van der Waals surface area contributed by atoms with Gasteiger partial charge in [-0.1, -0.05) is 34.8 Å². The summed E-state index contributed by atoms with van der Waals surface area (Å²) in [5.41, 5.74) is -3.66. The van der Waals surface area contributed by atoms with Gasteiger partial charge in [-0.25, -0.2) is 18.4 Å². The second kappa shape index (κ2) is 14.1. The van der Waals surface area contributed by atoms with Crippen molar-refractivity contribution in [2.45, 2.75) is 63.0 Å². The number of carbonyl (C=O) groups is 4. The molecule has 2 atom stereocenters. The molecular weight excluding hydrogens is 750 g/mol. The molecule has 16 heteroatoms. The van der Waals surface area contributed by atoms with Crippen LogP contribution in [0.4, 0.5) is 35.4 Å². The highest BCUT2D eigenvalue weighted by atomic mass is 35.5. The molecule has 1 aliphatic carbocycles. The highest BCUT2D eigenvalue weighted by Crippen LogP contribution is 2.65. The van der Waals surface area contributed by atoms with E-state index in [0.717, 1.165) is 12.1 Å². The Bertz CT molecular complexity index is 1800. The molecule has 49 heavy (non-hydrogen) atoms. The van der Waals surface area contributed by atoms with Crippen LogP contribution in [0.3, 0.4) is 0 Å². The molecule has 0 radical (unpaired) electrons. The van der Waals surface area contributed by atoms with Crippen molar-refractivity contribution in [3.63, 3.8) is 0 Å². The number of rotatable bonds is 6.